The molecule has 0 amide bonds. The van der Waals surface area contributed by atoms with E-state index in [-0.39, 0.29) is 0 Å². The van der Waals surface area contributed by atoms with Crippen molar-refractivity contribution in [1.82, 2.24) is 15.7 Å². The molecule has 1 heterocycles. The fourth-order valence-corrected chi connectivity index (χ4v) is 1.20. The lowest BCUT2D eigenvalue weighted by atomic mass is 10.3. The van der Waals surface area contributed by atoms with Gasteiger partial charge in [0.05, 0.1) is 6.21 Å². The van der Waals surface area contributed by atoms with Gasteiger partial charge in [-0.3, -0.25) is 10.4 Å². The van der Waals surface area contributed by atoms with Gasteiger partial charge in [0, 0.05) is 18.4 Å². The third-order valence-corrected chi connectivity index (χ3v) is 1.71. The van der Waals surface area contributed by atoms with E-state index >= 15 is 0 Å². The highest BCUT2D eigenvalue weighted by molar-refractivity contribution is 7.80. The Morgan fingerprint density at radius 1 is 1.47 bits per heavy atom. The van der Waals surface area contributed by atoms with E-state index in [1.807, 2.05) is 26.0 Å². The van der Waals surface area contributed by atoms with Gasteiger partial charge in [-0.25, -0.2) is 0 Å². The highest BCUT2D eigenvalue weighted by atomic mass is 32.1. The summed E-state index contributed by atoms with van der Waals surface area (Å²) in [6.45, 7) is 4.03. The topological polar surface area (TPSA) is 49.3 Å². The maximum atomic E-state index is 5.00. The van der Waals surface area contributed by atoms with Gasteiger partial charge in [-0.15, -0.1) is 0 Å². The first-order valence-electron chi connectivity index (χ1n) is 4.68. The molecule has 0 bridgehead atoms. The lowest BCUT2D eigenvalue weighted by Gasteiger charge is -2.09. The smallest absolute Gasteiger partial charge is 0.187 e. The second kappa shape index (κ2) is 6.08. The molecule has 2 N–H and O–H groups in total. The Balaban J connectivity index is 2.37. The Morgan fingerprint density at radius 3 is 2.73 bits per heavy atom. The van der Waals surface area contributed by atoms with Crippen LogP contribution in [0, 0.1) is 0 Å². The number of aromatic nitrogens is 1. The van der Waals surface area contributed by atoms with E-state index in [2.05, 4.69) is 20.8 Å². The van der Waals surface area contributed by atoms with Gasteiger partial charge in [0.25, 0.3) is 0 Å². The first-order chi connectivity index (χ1) is 7.18. The van der Waals surface area contributed by atoms with Crippen LogP contribution in [0.15, 0.2) is 29.6 Å². The molecule has 0 atom stereocenters. The minimum absolute atomic E-state index is 0.307. The van der Waals surface area contributed by atoms with Crippen molar-refractivity contribution < 1.29 is 0 Å². The monoisotopic (exact) mass is 222 g/mol. The van der Waals surface area contributed by atoms with Crippen LogP contribution in [-0.4, -0.2) is 22.4 Å². The number of hydrogen-bond acceptors (Lipinski definition) is 3. The minimum Gasteiger partial charge on any atom is -0.359 e. The molecule has 1 rings (SSSR count). The summed E-state index contributed by atoms with van der Waals surface area (Å²) in [7, 11) is 0. The van der Waals surface area contributed by atoms with E-state index in [1.54, 1.807) is 18.6 Å². The van der Waals surface area contributed by atoms with Crippen molar-refractivity contribution in [2.45, 2.75) is 19.9 Å². The van der Waals surface area contributed by atoms with Crippen LogP contribution in [0.4, 0.5) is 0 Å². The summed E-state index contributed by atoms with van der Waals surface area (Å²) in [5, 5.41) is 7.53. The molecule has 4 nitrogen and oxygen atoms in total. The summed E-state index contributed by atoms with van der Waals surface area (Å²) in [5.41, 5.74) is 3.71. The maximum absolute atomic E-state index is 5.00. The van der Waals surface area contributed by atoms with Gasteiger partial charge in [0.15, 0.2) is 5.11 Å². The molecular weight excluding hydrogens is 208 g/mol. The molecule has 1 aromatic heterocycles. The molecule has 0 unspecified atom stereocenters. The molecular formula is C10H14N4S. The summed E-state index contributed by atoms with van der Waals surface area (Å²) < 4.78 is 0. The molecule has 1 aromatic rings. The van der Waals surface area contributed by atoms with Crippen molar-refractivity contribution >= 4 is 23.5 Å². The van der Waals surface area contributed by atoms with E-state index in [0.717, 1.165) is 5.56 Å². The number of thiocarbonyl (C=S) groups is 1. The number of pyridine rings is 1. The zero-order valence-corrected chi connectivity index (χ0v) is 9.58. The predicted octanol–water partition coefficient (Wildman–Crippen LogP) is 1.29. The molecule has 0 saturated heterocycles. The van der Waals surface area contributed by atoms with Crippen molar-refractivity contribution in [2.75, 3.05) is 0 Å². The minimum atomic E-state index is 0.307. The van der Waals surface area contributed by atoms with E-state index in [1.165, 1.54) is 0 Å². The maximum Gasteiger partial charge on any atom is 0.187 e. The molecule has 0 spiro atoms. The average molecular weight is 222 g/mol. The van der Waals surface area contributed by atoms with Crippen molar-refractivity contribution in [3.05, 3.63) is 30.1 Å². The highest BCUT2D eigenvalue weighted by Crippen LogP contribution is 1.90. The lowest BCUT2D eigenvalue weighted by Crippen LogP contribution is -2.36. The largest absolute Gasteiger partial charge is 0.359 e. The first kappa shape index (κ1) is 11.6. The Morgan fingerprint density at radius 2 is 2.13 bits per heavy atom. The van der Waals surface area contributed by atoms with Crippen molar-refractivity contribution in [3.8, 4) is 0 Å². The molecule has 5 heteroatoms. The Kier molecular flexibility index (Phi) is 4.70. The van der Waals surface area contributed by atoms with Gasteiger partial charge < -0.3 is 5.32 Å². The summed E-state index contributed by atoms with van der Waals surface area (Å²) in [6, 6.07) is 4.04. The molecule has 0 fully saturated rings. The molecule has 0 radical (unpaired) electrons. The normalized spacial score (nSPS) is 10.6. The molecule has 0 aliphatic rings. The highest BCUT2D eigenvalue weighted by Gasteiger charge is 1.94. The van der Waals surface area contributed by atoms with Gasteiger partial charge in [0.2, 0.25) is 0 Å². The number of rotatable bonds is 3. The second-order valence-electron chi connectivity index (χ2n) is 3.28. The molecule has 15 heavy (non-hydrogen) atoms. The molecule has 0 aliphatic heterocycles. The van der Waals surface area contributed by atoms with Crippen molar-refractivity contribution in [2.24, 2.45) is 5.10 Å². The van der Waals surface area contributed by atoms with Crippen LogP contribution < -0.4 is 10.7 Å². The quantitative estimate of drug-likeness (QED) is 0.459. The Labute approximate surface area is 94.8 Å². The second-order valence-corrected chi connectivity index (χ2v) is 3.69. The van der Waals surface area contributed by atoms with Crippen LogP contribution in [0.5, 0.6) is 0 Å². The number of hydrazone groups is 1. The van der Waals surface area contributed by atoms with Crippen LogP contribution in [0.3, 0.4) is 0 Å². The third kappa shape index (κ3) is 5.07. The third-order valence-electron chi connectivity index (χ3n) is 1.51. The fourth-order valence-electron chi connectivity index (χ4n) is 0.909. The molecule has 0 aromatic carbocycles. The van der Waals surface area contributed by atoms with Gasteiger partial charge in [0.1, 0.15) is 0 Å². The van der Waals surface area contributed by atoms with Gasteiger partial charge >= 0.3 is 0 Å². The van der Waals surface area contributed by atoms with Gasteiger partial charge in [-0.05, 0) is 43.8 Å². The van der Waals surface area contributed by atoms with Gasteiger partial charge in [-0.1, -0.05) is 0 Å². The zero-order valence-electron chi connectivity index (χ0n) is 8.77. The van der Waals surface area contributed by atoms with E-state index in [9.17, 15) is 0 Å². The van der Waals surface area contributed by atoms with E-state index < -0.39 is 0 Å². The Bertz CT molecular complexity index is 335. The lowest BCUT2D eigenvalue weighted by molar-refractivity contribution is 0.720. The SMILES string of the molecule is CC(C)NC(=S)N/N=C\c1ccncc1. The zero-order chi connectivity index (χ0) is 11.1. The molecule has 80 valence electrons. The first-order valence-corrected chi connectivity index (χ1v) is 5.09. The van der Waals surface area contributed by atoms with Gasteiger partial charge in [-0.2, -0.15) is 5.10 Å². The number of nitrogens with one attached hydrogen (secondary N) is 2. The standard InChI is InChI=1S/C10H14N4S/c1-8(2)13-10(15)14-12-7-9-3-5-11-6-4-9/h3-8H,1-2H3,(H2,13,14,15)/b12-7-. The predicted molar refractivity (Wildman–Crippen MR) is 65.8 cm³/mol. The summed E-state index contributed by atoms with van der Waals surface area (Å²) >= 11 is 5.00. The van der Waals surface area contributed by atoms with Crippen molar-refractivity contribution in [1.29, 1.82) is 0 Å². The number of nitrogens with zero attached hydrogens (tertiary/aromatic N) is 2. The molecule has 0 aliphatic carbocycles. The van der Waals surface area contributed by atoms with Crippen LogP contribution in [0.25, 0.3) is 0 Å². The summed E-state index contributed by atoms with van der Waals surface area (Å²) in [4.78, 5) is 3.91. The van der Waals surface area contributed by atoms with Crippen LogP contribution in [0.1, 0.15) is 19.4 Å². The summed E-state index contributed by atoms with van der Waals surface area (Å²) in [5.74, 6) is 0. The number of hydrogen-bond donors (Lipinski definition) is 2. The summed E-state index contributed by atoms with van der Waals surface area (Å²) in [6.07, 6.45) is 5.12. The van der Waals surface area contributed by atoms with E-state index in [4.69, 9.17) is 12.2 Å². The Hall–Kier alpha value is -1.49. The van der Waals surface area contributed by atoms with Crippen LogP contribution in [0.2, 0.25) is 0 Å². The van der Waals surface area contributed by atoms with Crippen LogP contribution in [-0.2, 0) is 0 Å². The van der Waals surface area contributed by atoms with Crippen molar-refractivity contribution in [3.63, 3.8) is 0 Å². The average Bonchev–Trinajstić information content (AvgIpc) is 2.18. The van der Waals surface area contributed by atoms with E-state index in [0.29, 0.717) is 11.2 Å². The molecule has 0 saturated carbocycles. The fraction of sp³-hybridized carbons (Fsp3) is 0.300. The van der Waals surface area contributed by atoms with Crippen LogP contribution >= 0.6 is 12.2 Å².